The van der Waals surface area contributed by atoms with Crippen LogP contribution < -0.4 is 5.32 Å². The Hall–Kier alpha value is -0.930. The Labute approximate surface area is 118 Å². The second-order valence-corrected chi connectivity index (χ2v) is 6.53. The van der Waals surface area contributed by atoms with Crippen LogP contribution in [0.3, 0.4) is 0 Å². The maximum absolute atomic E-state index is 4.71. The van der Waals surface area contributed by atoms with Crippen LogP contribution in [0.25, 0.3) is 0 Å². The van der Waals surface area contributed by atoms with Crippen molar-refractivity contribution < 1.29 is 0 Å². The van der Waals surface area contributed by atoms with Crippen LogP contribution in [0.5, 0.6) is 0 Å². The molecule has 0 radical (unpaired) electrons. The molecule has 0 unspecified atom stereocenters. The van der Waals surface area contributed by atoms with Crippen molar-refractivity contribution in [2.45, 2.75) is 47.2 Å². The average Bonchev–Trinajstić information content (AvgIpc) is 2.27. The largest absolute Gasteiger partial charge is 0.311 e. The summed E-state index contributed by atoms with van der Waals surface area (Å²) < 4.78 is 0. The minimum atomic E-state index is 0.328. The molecule has 0 atom stereocenters. The molecule has 0 aromatic carbocycles. The van der Waals surface area contributed by atoms with Crippen molar-refractivity contribution in [2.75, 3.05) is 20.1 Å². The zero-order valence-corrected chi connectivity index (χ0v) is 13.2. The van der Waals surface area contributed by atoms with E-state index in [0.717, 1.165) is 44.0 Å². The highest BCUT2D eigenvalue weighted by molar-refractivity contribution is 5.11. The zero-order valence-electron chi connectivity index (χ0n) is 13.2. The van der Waals surface area contributed by atoms with Crippen molar-refractivity contribution in [3.63, 3.8) is 0 Å². The topological polar surface area (TPSA) is 28.2 Å². The molecule has 0 amide bonds. The molecule has 3 heteroatoms. The van der Waals surface area contributed by atoms with Gasteiger partial charge in [0.25, 0.3) is 0 Å². The molecule has 108 valence electrons. The molecule has 0 spiro atoms. The maximum Gasteiger partial charge on any atom is 0.0547 e. The van der Waals surface area contributed by atoms with E-state index in [1.165, 1.54) is 0 Å². The summed E-state index contributed by atoms with van der Waals surface area (Å²) in [6.45, 7) is 12.9. The molecule has 0 saturated heterocycles. The number of hydrogen-bond donors (Lipinski definition) is 1. The van der Waals surface area contributed by atoms with Crippen LogP contribution in [0, 0.1) is 5.41 Å². The monoisotopic (exact) mass is 263 g/mol. The van der Waals surface area contributed by atoms with Crippen molar-refractivity contribution >= 4 is 0 Å². The fraction of sp³-hybridized carbons (Fsp3) is 0.688. The fourth-order valence-electron chi connectivity index (χ4n) is 2.25. The maximum atomic E-state index is 4.71. The summed E-state index contributed by atoms with van der Waals surface area (Å²) in [4.78, 5) is 7.05. The minimum absolute atomic E-state index is 0.328. The summed E-state index contributed by atoms with van der Waals surface area (Å²) in [5, 5.41) is 3.39. The van der Waals surface area contributed by atoms with E-state index in [-0.39, 0.29) is 0 Å². The Morgan fingerprint density at radius 1 is 1.21 bits per heavy atom. The van der Waals surface area contributed by atoms with Crippen LogP contribution in [0.1, 0.15) is 45.5 Å². The molecule has 0 fully saturated rings. The molecule has 3 nitrogen and oxygen atoms in total. The number of pyridine rings is 1. The molecule has 0 aliphatic heterocycles. The fourth-order valence-corrected chi connectivity index (χ4v) is 2.25. The SMILES string of the molecule is CCCNCc1cccc(CN(C)CC(C)(C)C)n1. The van der Waals surface area contributed by atoms with Crippen LogP contribution in [0.4, 0.5) is 0 Å². The third kappa shape index (κ3) is 7.28. The summed E-state index contributed by atoms with van der Waals surface area (Å²) in [6, 6.07) is 6.31. The second kappa shape index (κ2) is 7.61. The first kappa shape index (κ1) is 16.1. The van der Waals surface area contributed by atoms with E-state index < -0.39 is 0 Å². The normalized spacial score (nSPS) is 12.1. The van der Waals surface area contributed by atoms with E-state index in [9.17, 15) is 0 Å². The highest BCUT2D eigenvalue weighted by atomic mass is 15.1. The van der Waals surface area contributed by atoms with Gasteiger partial charge in [-0.25, -0.2) is 0 Å². The van der Waals surface area contributed by atoms with Crippen LogP contribution in [-0.2, 0) is 13.1 Å². The van der Waals surface area contributed by atoms with E-state index in [1.54, 1.807) is 0 Å². The molecular formula is C16H29N3. The van der Waals surface area contributed by atoms with Gasteiger partial charge in [-0.1, -0.05) is 33.8 Å². The second-order valence-electron chi connectivity index (χ2n) is 6.53. The number of aromatic nitrogens is 1. The highest BCUT2D eigenvalue weighted by Gasteiger charge is 2.13. The predicted octanol–water partition coefficient (Wildman–Crippen LogP) is 3.06. The number of nitrogens with zero attached hydrogens (tertiary/aromatic N) is 2. The van der Waals surface area contributed by atoms with Crippen LogP contribution >= 0.6 is 0 Å². The van der Waals surface area contributed by atoms with E-state index in [0.29, 0.717) is 5.41 Å². The molecule has 0 aliphatic rings. The average molecular weight is 263 g/mol. The molecule has 1 rings (SSSR count). The Bertz CT molecular complexity index is 369. The van der Waals surface area contributed by atoms with Gasteiger partial charge in [0, 0.05) is 19.6 Å². The van der Waals surface area contributed by atoms with Crippen LogP contribution in [0.15, 0.2) is 18.2 Å². The van der Waals surface area contributed by atoms with Crippen molar-refractivity contribution in [3.8, 4) is 0 Å². The summed E-state index contributed by atoms with van der Waals surface area (Å²) in [5.74, 6) is 0. The summed E-state index contributed by atoms with van der Waals surface area (Å²) >= 11 is 0. The minimum Gasteiger partial charge on any atom is -0.311 e. The zero-order chi connectivity index (χ0) is 14.3. The highest BCUT2D eigenvalue weighted by Crippen LogP contribution is 2.15. The summed E-state index contributed by atoms with van der Waals surface area (Å²) in [6.07, 6.45) is 1.16. The van der Waals surface area contributed by atoms with Crippen molar-refractivity contribution in [1.82, 2.24) is 15.2 Å². The summed E-state index contributed by atoms with van der Waals surface area (Å²) in [5.41, 5.74) is 2.62. The smallest absolute Gasteiger partial charge is 0.0547 e. The number of hydrogen-bond acceptors (Lipinski definition) is 3. The summed E-state index contributed by atoms with van der Waals surface area (Å²) in [7, 11) is 2.16. The lowest BCUT2D eigenvalue weighted by molar-refractivity contribution is 0.219. The number of rotatable bonds is 7. The first-order chi connectivity index (χ1) is 8.90. The molecule has 1 N–H and O–H groups in total. The number of nitrogens with one attached hydrogen (secondary N) is 1. The molecule has 0 saturated carbocycles. The van der Waals surface area contributed by atoms with Crippen molar-refractivity contribution in [3.05, 3.63) is 29.6 Å². The molecule has 1 aromatic heterocycles. The van der Waals surface area contributed by atoms with E-state index in [4.69, 9.17) is 4.98 Å². The van der Waals surface area contributed by atoms with Crippen molar-refractivity contribution in [1.29, 1.82) is 0 Å². The first-order valence-electron chi connectivity index (χ1n) is 7.25. The Balaban J connectivity index is 2.51. The molecule has 19 heavy (non-hydrogen) atoms. The van der Waals surface area contributed by atoms with E-state index >= 15 is 0 Å². The van der Waals surface area contributed by atoms with Crippen LogP contribution in [0.2, 0.25) is 0 Å². The Morgan fingerprint density at radius 3 is 2.53 bits per heavy atom. The molecule has 0 aliphatic carbocycles. The third-order valence-corrected chi connectivity index (χ3v) is 2.77. The van der Waals surface area contributed by atoms with Crippen molar-refractivity contribution in [2.24, 2.45) is 5.41 Å². The quantitative estimate of drug-likeness (QED) is 0.766. The first-order valence-corrected chi connectivity index (χ1v) is 7.25. The molecule has 1 heterocycles. The van der Waals surface area contributed by atoms with Gasteiger partial charge < -0.3 is 10.2 Å². The van der Waals surface area contributed by atoms with E-state index in [2.05, 4.69) is 63.2 Å². The Kier molecular flexibility index (Phi) is 6.46. The van der Waals surface area contributed by atoms with Gasteiger partial charge in [0.05, 0.1) is 11.4 Å². The van der Waals surface area contributed by atoms with Gasteiger partial charge in [-0.05, 0) is 37.6 Å². The van der Waals surface area contributed by atoms with E-state index in [1.807, 2.05) is 0 Å². The third-order valence-electron chi connectivity index (χ3n) is 2.77. The molecule has 1 aromatic rings. The standard InChI is InChI=1S/C16H29N3/c1-6-10-17-11-14-8-7-9-15(18-14)12-19(5)13-16(2,3)4/h7-9,17H,6,10-13H2,1-5H3. The van der Waals surface area contributed by atoms with Crippen LogP contribution in [-0.4, -0.2) is 30.0 Å². The lowest BCUT2D eigenvalue weighted by atomic mass is 9.96. The van der Waals surface area contributed by atoms with Gasteiger partial charge >= 0.3 is 0 Å². The van der Waals surface area contributed by atoms with Gasteiger partial charge in [-0.3, -0.25) is 4.98 Å². The lowest BCUT2D eigenvalue weighted by Gasteiger charge is -2.26. The Morgan fingerprint density at radius 2 is 1.89 bits per heavy atom. The van der Waals surface area contributed by atoms with Gasteiger partial charge in [-0.15, -0.1) is 0 Å². The molecule has 0 bridgehead atoms. The molecular weight excluding hydrogens is 234 g/mol. The van der Waals surface area contributed by atoms with Gasteiger partial charge in [-0.2, -0.15) is 0 Å². The van der Waals surface area contributed by atoms with Gasteiger partial charge in [0.1, 0.15) is 0 Å². The van der Waals surface area contributed by atoms with Gasteiger partial charge in [0.2, 0.25) is 0 Å². The predicted molar refractivity (Wildman–Crippen MR) is 82.0 cm³/mol. The lowest BCUT2D eigenvalue weighted by Crippen LogP contribution is -2.29. The van der Waals surface area contributed by atoms with Gasteiger partial charge in [0.15, 0.2) is 0 Å².